The third kappa shape index (κ3) is 5.51. The van der Waals surface area contributed by atoms with Gasteiger partial charge in [-0.3, -0.25) is 0 Å². The first-order valence-electron chi connectivity index (χ1n) is 19.7. The molecule has 0 fully saturated rings. The molecule has 57 heavy (non-hydrogen) atoms. The van der Waals surface area contributed by atoms with Crippen molar-refractivity contribution in [1.82, 2.24) is 0 Å². The largest absolute Gasteiger partial charge is 0.311 e. The first kappa shape index (κ1) is 33.0. The fourth-order valence-corrected chi connectivity index (χ4v) is 9.23. The Balaban J connectivity index is 1.24. The van der Waals surface area contributed by atoms with E-state index in [1.165, 1.54) is 83.6 Å². The quantitative estimate of drug-likeness (QED) is 0.158. The molecule has 0 saturated carbocycles. The Kier molecular flexibility index (Phi) is 7.96. The molecular formula is C54H37BN2. The highest BCUT2D eigenvalue weighted by molar-refractivity contribution is 7.01. The Bertz CT molecular complexity index is 2710. The van der Waals surface area contributed by atoms with E-state index in [-0.39, 0.29) is 6.71 Å². The molecule has 0 radical (unpaired) electrons. The second-order valence-electron chi connectivity index (χ2n) is 14.9. The summed E-state index contributed by atoms with van der Waals surface area (Å²) >= 11 is 0. The van der Waals surface area contributed by atoms with Gasteiger partial charge in [-0.25, -0.2) is 0 Å². The highest BCUT2D eigenvalue weighted by Crippen LogP contribution is 2.47. The Morgan fingerprint density at radius 1 is 0.246 bits per heavy atom. The van der Waals surface area contributed by atoms with E-state index in [1.807, 2.05) is 0 Å². The first-order valence-corrected chi connectivity index (χ1v) is 19.7. The summed E-state index contributed by atoms with van der Waals surface area (Å²) in [6.07, 6.45) is 0. The molecule has 0 unspecified atom stereocenters. The van der Waals surface area contributed by atoms with E-state index in [0.717, 1.165) is 11.4 Å². The van der Waals surface area contributed by atoms with Crippen LogP contribution in [0.3, 0.4) is 0 Å². The smallest absolute Gasteiger partial charge is 0.253 e. The zero-order valence-electron chi connectivity index (χ0n) is 31.3. The summed E-state index contributed by atoms with van der Waals surface area (Å²) in [5, 5.41) is 0. The number of hydrogen-bond donors (Lipinski definition) is 0. The molecule has 0 amide bonds. The molecular weight excluding hydrogens is 687 g/mol. The minimum absolute atomic E-state index is 0.0453. The summed E-state index contributed by atoms with van der Waals surface area (Å²) in [5.74, 6) is 0. The van der Waals surface area contributed by atoms with Crippen LogP contribution in [0.25, 0.3) is 44.5 Å². The van der Waals surface area contributed by atoms with Crippen molar-refractivity contribution >= 4 is 57.2 Å². The molecule has 2 nitrogen and oxygen atoms in total. The van der Waals surface area contributed by atoms with E-state index >= 15 is 0 Å². The van der Waals surface area contributed by atoms with Crippen molar-refractivity contribution in [3.63, 3.8) is 0 Å². The molecule has 2 aliphatic heterocycles. The molecule has 0 N–H and O–H groups in total. The molecule has 11 rings (SSSR count). The average Bonchev–Trinajstić information content (AvgIpc) is 3.29. The summed E-state index contributed by atoms with van der Waals surface area (Å²) < 4.78 is 0. The van der Waals surface area contributed by atoms with E-state index in [1.54, 1.807) is 0 Å². The lowest BCUT2D eigenvalue weighted by molar-refractivity contribution is 1.25. The molecule has 0 aromatic heterocycles. The maximum atomic E-state index is 2.51. The van der Waals surface area contributed by atoms with Gasteiger partial charge in [0.2, 0.25) is 0 Å². The minimum Gasteiger partial charge on any atom is -0.311 e. The number of rotatable bonds is 6. The molecule has 0 atom stereocenters. The fraction of sp³-hybridized carbons (Fsp3) is 0. The van der Waals surface area contributed by atoms with Crippen molar-refractivity contribution in [3.05, 3.63) is 224 Å². The molecule has 2 heterocycles. The Morgan fingerprint density at radius 3 is 0.965 bits per heavy atom. The van der Waals surface area contributed by atoms with Crippen LogP contribution in [0, 0.1) is 0 Å². The van der Waals surface area contributed by atoms with Crippen LogP contribution >= 0.6 is 0 Å². The molecule has 0 spiro atoms. The summed E-state index contributed by atoms with van der Waals surface area (Å²) in [5.41, 5.74) is 20.7. The van der Waals surface area contributed by atoms with Crippen LogP contribution in [-0.2, 0) is 0 Å². The highest BCUT2D eigenvalue weighted by Gasteiger charge is 2.45. The topological polar surface area (TPSA) is 6.48 Å². The Morgan fingerprint density at radius 2 is 0.561 bits per heavy atom. The van der Waals surface area contributed by atoms with E-state index in [4.69, 9.17) is 0 Å². The summed E-state index contributed by atoms with van der Waals surface area (Å²) in [4.78, 5) is 5.02. The lowest BCUT2D eigenvalue weighted by atomic mass is 9.32. The maximum absolute atomic E-state index is 2.51. The average molecular weight is 725 g/mol. The Hall–Kier alpha value is -7.36. The second-order valence-corrected chi connectivity index (χ2v) is 14.9. The molecule has 3 heteroatoms. The number of fused-ring (bicyclic) bond motifs is 4. The molecule has 2 aliphatic rings. The summed E-state index contributed by atoms with van der Waals surface area (Å²) in [6.45, 7) is -0.0453. The van der Waals surface area contributed by atoms with E-state index in [0.29, 0.717) is 0 Å². The molecule has 9 aromatic carbocycles. The number of anilines is 6. The van der Waals surface area contributed by atoms with Crippen molar-refractivity contribution in [2.45, 2.75) is 0 Å². The van der Waals surface area contributed by atoms with E-state index in [2.05, 4.69) is 234 Å². The van der Waals surface area contributed by atoms with E-state index < -0.39 is 0 Å². The van der Waals surface area contributed by atoms with Crippen LogP contribution in [0.2, 0.25) is 0 Å². The van der Waals surface area contributed by atoms with Crippen LogP contribution in [0.4, 0.5) is 34.1 Å². The zero-order valence-corrected chi connectivity index (χ0v) is 31.3. The SMILES string of the molecule is c1ccc(-c2cccc(N3c4cccc(-c5ccccc5)c4B4c5c(-c6ccccc6)cccc5N(c5cccc(-c6ccccc6)c5)c5cccc3c54)c2)cc1. The standard InChI is InChI=1S/C54H37BN2/c1-5-18-38(19-6-1)42-26-13-28-44(36-42)56-48-32-15-30-46(40-22-9-3-10-23-40)52(48)55-53-47(41-24-11-4-12-25-41)31-16-33-49(53)57(51-35-17-34-50(56)54(51)55)45-29-14-27-43(37-45)39-20-7-2-8-21-39/h1-37H. The highest BCUT2D eigenvalue weighted by atomic mass is 15.2. The predicted molar refractivity (Wildman–Crippen MR) is 242 cm³/mol. The monoisotopic (exact) mass is 724 g/mol. The van der Waals surface area contributed by atoms with Gasteiger partial charge in [0.1, 0.15) is 0 Å². The third-order valence-corrected chi connectivity index (χ3v) is 11.6. The van der Waals surface area contributed by atoms with Gasteiger partial charge >= 0.3 is 0 Å². The summed E-state index contributed by atoms with van der Waals surface area (Å²) in [6, 6.07) is 82.0. The van der Waals surface area contributed by atoms with Gasteiger partial charge in [-0.1, -0.05) is 176 Å². The van der Waals surface area contributed by atoms with Crippen molar-refractivity contribution in [2.24, 2.45) is 0 Å². The molecule has 0 aliphatic carbocycles. The number of benzene rings is 9. The third-order valence-electron chi connectivity index (χ3n) is 11.6. The van der Waals surface area contributed by atoms with Crippen molar-refractivity contribution in [2.75, 3.05) is 9.80 Å². The fourth-order valence-electron chi connectivity index (χ4n) is 9.23. The number of hydrogen-bond acceptors (Lipinski definition) is 2. The molecule has 9 aromatic rings. The zero-order chi connectivity index (χ0) is 37.7. The van der Waals surface area contributed by atoms with Gasteiger partial charge in [-0.2, -0.15) is 0 Å². The van der Waals surface area contributed by atoms with Gasteiger partial charge in [0, 0.05) is 34.1 Å². The predicted octanol–water partition coefficient (Wildman–Crippen LogP) is 12.4. The normalized spacial score (nSPS) is 12.5. The minimum atomic E-state index is -0.0453. The van der Waals surface area contributed by atoms with Crippen LogP contribution in [0.15, 0.2) is 224 Å². The van der Waals surface area contributed by atoms with Crippen LogP contribution in [0.1, 0.15) is 0 Å². The van der Waals surface area contributed by atoms with Gasteiger partial charge in [0.15, 0.2) is 0 Å². The maximum Gasteiger partial charge on any atom is 0.253 e. The van der Waals surface area contributed by atoms with Crippen molar-refractivity contribution in [1.29, 1.82) is 0 Å². The van der Waals surface area contributed by atoms with Gasteiger partial charge in [0.25, 0.3) is 6.71 Å². The molecule has 0 bridgehead atoms. The van der Waals surface area contributed by atoms with Crippen LogP contribution < -0.4 is 26.2 Å². The van der Waals surface area contributed by atoms with Crippen LogP contribution in [-0.4, -0.2) is 6.71 Å². The Labute approximate surface area is 334 Å². The van der Waals surface area contributed by atoms with Crippen molar-refractivity contribution in [3.8, 4) is 44.5 Å². The summed E-state index contributed by atoms with van der Waals surface area (Å²) in [7, 11) is 0. The number of nitrogens with zero attached hydrogens (tertiary/aromatic N) is 2. The van der Waals surface area contributed by atoms with Crippen LogP contribution in [0.5, 0.6) is 0 Å². The molecule has 266 valence electrons. The van der Waals surface area contributed by atoms with Crippen molar-refractivity contribution < 1.29 is 0 Å². The van der Waals surface area contributed by atoms with Gasteiger partial charge in [0.05, 0.1) is 0 Å². The van der Waals surface area contributed by atoms with Gasteiger partial charge in [-0.05, 0) is 109 Å². The van der Waals surface area contributed by atoms with Gasteiger partial charge in [-0.15, -0.1) is 0 Å². The first-order chi connectivity index (χ1) is 28.3. The lowest BCUT2D eigenvalue weighted by Gasteiger charge is -2.45. The lowest BCUT2D eigenvalue weighted by Crippen LogP contribution is -2.62. The second kappa shape index (κ2) is 13.7. The van der Waals surface area contributed by atoms with Gasteiger partial charge < -0.3 is 9.80 Å². The molecule has 0 saturated heterocycles. The van der Waals surface area contributed by atoms with E-state index in [9.17, 15) is 0 Å².